The highest BCUT2D eigenvalue weighted by molar-refractivity contribution is 5.90. The molecule has 0 bridgehead atoms. The lowest BCUT2D eigenvalue weighted by Crippen LogP contribution is -2.66. The van der Waals surface area contributed by atoms with Gasteiger partial charge in [-0.3, -0.25) is 19.2 Å². The lowest BCUT2D eigenvalue weighted by atomic mass is 9.46. The zero-order chi connectivity index (χ0) is 58.7. The second-order valence-electron chi connectivity index (χ2n) is 24.9. The van der Waals surface area contributed by atoms with Crippen molar-refractivity contribution in [3.63, 3.8) is 0 Å². The van der Waals surface area contributed by atoms with E-state index in [4.69, 9.17) is 61.6 Å². The quantitative estimate of drug-likeness (QED) is 0.0623. The summed E-state index contributed by atoms with van der Waals surface area (Å²) < 4.78 is 80.3. The minimum atomic E-state index is -1.84. The van der Waals surface area contributed by atoms with Crippen molar-refractivity contribution in [2.24, 2.45) is 46.3 Å². The van der Waals surface area contributed by atoms with Gasteiger partial charge in [-0.05, 0) is 56.8 Å². The molecule has 0 unspecified atom stereocenters. The van der Waals surface area contributed by atoms with Gasteiger partial charge >= 0.3 is 17.9 Å². The Balaban J connectivity index is 0.938. The highest BCUT2D eigenvalue weighted by atomic mass is 16.8. The molecule has 3 saturated carbocycles. The Morgan fingerprint density at radius 1 is 0.630 bits per heavy atom. The van der Waals surface area contributed by atoms with E-state index in [0.717, 1.165) is 26.3 Å². The monoisotopic (exact) mass is 1160 g/mol. The molecule has 0 aromatic heterocycles. The fourth-order valence-corrected chi connectivity index (χ4v) is 15.9. The number of aliphatic hydroxyl groups excluding tert-OH is 9. The van der Waals surface area contributed by atoms with Crippen molar-refractivity contribution < 1.29 is 127 Å². The number of Topliss-reactive ketones (excluding diaryl/α,β-unsaturated/α-hetero) is 1. The molecule has 6 saturated heterocycles. The summed E-state index contributed by atoms with van der Waals surface area (Å²) in [5, 5.41) is 99.5. The average molecular weight is 1160 g/mol. The molecule has 0 radical (unpaired) electrons. The van der Waals surface area contributed by atoms with Gasteiger partial charge in [-0.15, -0.1) is 0 Å². The Morgan fingerprint density at radius 3 is 1.93 bits per heavy atom. The van der Waals surface area contributed by atoms with Crippen molar-refractivity contribution in [3.8, 4) is 0 Å². The number of ketones is 1. The third-order valence-electron chi connectivity index (χ3n) is 19.8. The number of ether oxygens (including phenoxy) is 13. The minimum Gasteiger partial charge on any atom is -0.456 e. The van der Waals surface area contributed by atoms with Crippen LogP contribution in [0.25, 0.3) is 0 Å². The second kappa shape index (κ2) is 23.1. The van der Waals surface area contributed by atoms with Crippen molar-refractivity contribution in [1.82, 2.24) is 0 Å². The van der Waals surface area contributed by atoms with Crippen LogP contribution < -0.4 is 0 Å². The van der Waals surface area contributed by atoms with Crippen LogP contribution in [0.2, 0.25) is 0 Å². The van der Waals surface area contributed by atoms with Crippen LogP contribution in [-0.4, -0.2) is 236 Å². The van der Waals surface area contributed by atoms with Crippen LogP contribution in [0.4, 0.5) is 0 Å². The summed E-state index contributed by atoms with van der Waals surface area (Å²) in [6, 6.07) is 0. The van der Waals surface area contributed by atoms with Crippen LogP contribution in [0.5, 0.6) is 0 Å². The molecule has 0 aromatic carbocycles. The van der Waals surface area contributed by atoms with Crippen LogP contribution in [0.1, 0.15) is 94.4 Å². The van der Waals surface area contributed by atoms with E-state index >= 15 is 4.79 Å². The number of fused-ring (bicyclic) bond motifs is 7. The highest BCUT2D eigenvalue weighted by Gasteiger charge is 2.75. The van der Waals surface area contributed by atoms with E-state index in [1.54, 1.807) is 6.92 Å². The number of rotatable bonds is 11. The van der Waals surface area contributed by atoms with Crippen molar-refractivity contribution >= 4 is 23.7 Å². The summed E-state index contributed by atoms with van der Waals surface area (Å²) in [4.78, 5) is 53.1. The van der Waals surface area contributed by atoms with Crippen molar-refractivity contribution in [2.75, 3.05) is 19.8 Å². The van der Waals surface area contributed by atoms with E-state index < -0.39 is 213 Å². The molecule has 10 rings (SSSR count). The average Bonchev–Trinajstić information content (AvgIpc) is 2.08. The second-order valence-corrected chi connectivity index (χ2v) is 24.9. The Hall–Kier alpha value is -2.94. The van der Waals surface area contributed by atoms with Crippen LogP contribution in [0, 0.1) is 46.3 Å². The number of hydrogen-bond donors (Lipinski definition) is 9. The maximum Gasteiger partial charge on any atom is 0.303 e. The predicted octanol–water partition coefficient (Wildman–Crippen LogP) is -1.85. The zero-order valence-corrected chi connectivity index (χ0v) is 46.9. The summed E-state index contributed by atoms with van der Waals surface area (Å²) >= 11 is 0. The fraction of sp³-hybridized carbons (Fsp3) is 0.891. The van der Waals surface area contributed by atoms with Gasteiger partial charge in [0.1, 0.15) is 67.1 Å². The first-order valence-electron chi connectivity index (χ1n) is 28.5. The van der Waals surface area contributed by atoms with E-state index in [0.29, 0.717) is 25.7 Å². The van der Waals surface area contributed by atoms with E-state index in [9.17, 15) is 60.3 Å². The van der Waals surface area contributed by atoms with Crippen LogP contribution in [0.15, 0.2) is 11.6 Å². The molecule has 0 aromatic rings. The molecule has 10 aliphatic rings. The topological polar surface area (TPSA) is 370 Å². The number of carbonyl (C=O) groups is 4. The first kappa shape index (κ1) is 61.2. The van der Waals surface area contributed by atoms with E-state index in [1.807, 2.05) is 13.8 Å². The number of carbonyl (C=O) groups excluding carboxylic acids is 4. The molecule has 26 heteroatoms. The largest absolute Gasteiger partial charge is 0.456 e. The van der Waals surface area contributed by atoms with Gasteiger partial charge in [0, 0.05) is 56.3 Å². The van der Waals surface area contributed by atoms with Crippen molar-refractivity contribution in [2.45, 2.75) is 241 Å². The van der Waals surface area contributed by atoms with E-state index in [-0.39, 0.29) is 30.6 Å². The SMILES string of the molecule is CC(=O)O[C@@H]1[C@@H](OC(C)=O)[C@H](C)O[C@@H](O[C@H]2[C@H](O[C@@H]3C[C@H](O)CC4=CC[C@H]5[C@@H]6C(=O)[C@@H]7O[C@@]8(OC[C@H](C)[C@H](O[C@@H]9O[C@H](C)[C@H](O)[C@@H](O)[C@H]9O)[C@@H]8O)[C@@H](C)[C@@H]7[C@@]6(C)CC[C@@H]5[C@]43C)OC[C@H](O)[C@@H]2O[C@@H]2OC[C@@H](O)[C@H](O)[C@H]2O)[C@@H]1OC(C)=O. The molecule has 26 nitrogen and oxygen atoms in total. The van der Waals surface area contributed by atoms with E-state index in [1.165, 1.54) is 13.8 Å². The summed E-state index contributed by atoms with van der Waals surface area (Å²) in [5.41, 5.74) is -0.683. The molecular formula is C55H82O26. The normalized spacial score (nSPS) is 53.3. The molecular weight excluding hydrogens is 1080 g/mol. The molecule has 458 valence electrons. The first-order chi connectivity index (χ1) is 38.1. The lowest BCUT2D eigenvalue weighted by Gasteiger charge is -2.60. The van der Waals surface area contributed by atoms with Gasteiger partial charge in [0.05, 0.1) is 50.3 Å². The number of allylic oxidation sites excluding steroid dienone is 1. The maximum atomic E-state index is 15.4. The Kier molecular flexibility index (Phi) is 17.4. The molecule has 81 heavy (non-hydrogen) atoms. The summed E-state index contributed by atoms with van der Waals surface area (Å²) in [7, 11) is 0. The van der Waals surface area contributed by atoms with Crippen LogP contribution in [0.3, 0.4) is 0 Å². The number of hydrogen-bond acceptors (Lipinski definition) is 26. The van der Waals surface area contributed by atoms with Gasteiger partial charge in [-0.2, -0.15) is 0 Å². The Bertz CT molecular complexity index is 2360. The van der Waals surface area contributed by atoms with Crippen molar-refractivity contribution in [3.05, 3.63) is 11.6 Å². The van der Waals surface area contributed by atoms with Crippen molar-refractivity contribution in [1.29, 1.82) is 0 Å². The number of aliphatic hydroxyl groups is 9. The Morgan fingerprint density at radius 2 is 1.23 bits per heavy atom. The summed E-state index contributed by atoms with van der Waals surface area (Å²) in [6.07, 6.45) is -28.5. The van der Waals surface area contributed by atoms with Crippen LogP contribution >= 0.6 is 0 Å². The third-order valence-corrected chi connectivity index (χ3v) is 19.8. The van der Waals surface area contributed by atoms with Gasteiger partial charge in [-0.1, -0.05) is 39.3 Å². The standard InChI is InChI=1S/C55H82O26/c1-19-16-71-55(48(68)41(19)78-50-40(67)38(65)35(62)21(3)72-50)20(2)33-44(81-55)37(64)34-28-11-10-26-14-27(59)15-32(54(26,9)29(28)12-13-53(33,34)8)77-51-46(43(31(61)18-70-51)79-49-39(66)36(63)30(60)17-69-49)80-52-47(76-25(7)58)45(75-24(6)57)42(22(4)73-52)74-23(5)56/h10,19-22,27-36,38-52,59-63,65-68H,11-18H2,1-9H3/t19-,20-,21+,22-,27+,28+,29-,30+,31-,32+,33-,34+,35-,36-,38+,39+,40+,41-,42-,43-,44+,45+,46+,47+,48-,49-,50-,51-,52-,53+,54-,55-/m0/s1. The predicted molar refractivity (Wildman–Crippen MR) is 267 cm³/mol. The molecule has 1 spiro atoms. The highest BCUT2D eigenvalue weighted by Crippen LogP contribution is 2.70. The molecule has 6 aliphatic heterocycles. The van der Waals surface area contributed by atoms with Gasteiger partial charge in [0.15, 0.2) is 49.3 Å². The zero-order valence-electron chi connectivity index (χ0n) is 46.9. The van der Waals surface area contributed by atoms with Gasteiger partial charge in [0.25, 0.3) is 0 Å². The molecule has 6 heterocycles. The third kappa shape index (κ3) is 10.5. The molecule has 4 aliphatic carbocycles. The Labute approximate surface area is 468 Å². The van der Waals surface area contributed by atoms with Crippen LogP contribution in [-0.2, 0) is 80.8 Å². The lowest BCUT2D eigenvalue weighted by molar-refractivity contribution is -0.382. The molecule has 0 amide bonds. The molecule has 32 atom stereocenters. The van der Waals surface area contributed by atoms with E-state index in [2.05, 4.69) is 13.0 Å². The fourth-order valence-electron chi connectivity index (χ4n) is 15.9. The maximum absolute atomic E-state index is 15.4. The summed E-state index contributed by atoms with van der Waals surface area (Å²) in [6.45, 7) is 13.3. The van der Waals surface area contributed by atoms with Gasteiger partial charge < -0.3 is 108 Å². The molecule has 9 N–H and O–H groups in total. The minimum absolute atomic E-state index is 0.0555. The summed E-state index contributed by atoms with van der Waals surface area (Å²) in [5.74, 6) is -6.82. The molecule has 9 fully saturated rings. The first-order valence-corrected chi connectivity index (χ1v) is 28.5. The number of esters is 3. The smallest absolute Gasteiger partial charge is 0.303 e. The van der Waals surface area contributed by atoms with Gasteiger partial charge in [-0.25, -0.2) is 0 Å². The van der Waals surface area contributed by atoms with Gasteiger partial charge in [0.2, 0.25) is 5.79 Å².